The van der Waals surface area contributed by atoms with Crippen molar-refractivity contribution < 1.29 is 8.42 Å². The van der Waals surface area contributed by atoms with Crippen molar-refractivity contribution in [2.45, 2.75) is 32.4 Å². The molecule has 2 aliphatic rings. The van der Waals surface area contributed by atoms with Crippen molar-refractivity contribution in [3.8, 4) is 0 Å². The molecule has 20 heavy (non-hydrogen) atoms. The molecular formula is C13H22N4O2S. The minimum absolute atomic E-state index is 0.541. The van der Waals surface area contributed by atoms with Gasteiger partial charge in [-0.25, -0.2) is 13.4 Å². The summed E-state index contributed by atoms with van der Waals surface area (Å²) in [4.78, 5) is 6.94. The number of nitrogens with zero attached hydrogens (tertiary/aromatic N) is 4. The van der Waals surface area contributed by atoms with Crippen LogP contribution in [0.1, 0.15) is 24.4 Å². The molecule has 7 heteroatoms. The smallest absolute Gasteiger partial charge is 0.211 e. The SMILES string of the molecule is CS(=O)(=O)N1CCc2ncc(CN3CCCC3)n2CC1. The summed E-state index contributed by atoms with van der Waals surface area (Å²) in [5, 5.41) is 0. The Labute approximate surface area is 120 Å². The zero-order valence-corrected chi connectivity index (χ0v) is 12.8. The van der Waals surface area contributed by atoms with E-state index in [9.17, 15) is 8.42 Å². The van der Waals surface area contributed by atoms with E-state index in [1.165, 1.54) is 24.8 Å². The normalized spacial score (nSPS) is 21.9. The van der Waals surface area contributed by atoms with Gasteiger partial charge in [-0.15, -0.1) is 0 Å². The van der Waals surface area contributed by atoms with Gasteiger partial charge in [0.1, 0.15) is 5.82 Å². The number of imidazole rings is 1. The first-order valence-electron chi connectivity index (χ1n) is 7.25. The molecule has 0 saturated carbocycles. The first-order valence-corrected chi connectivity index (χ1v) is 9.09. The monoisotopic (exact) mass is 298 g/mol. The molecule has 0 N–H and O–H groups in total. The maximum absolute atomic E-state index is 11.7. The average Bonchev–Trinajstić information content (AvgIpc) is 2.95. The lowest BCUT2D eigenvalue weighted by Crippen LogP contribution is -2.32. The van der Waals surface area contributed by atoms with Crippen LogP contribution in [-0.4, -0.2) is 59.6 Å². The lowest BCUT2D eigenvalue weighted by Gasteiger charge is -2.18. The summed E-state index contributed by atoms with van der Waals surface area (Å²) in [5.74, 6) is 1.02. The number of hydrogen-bond acceptors (Lipinski definition) is 4. The van der Waals surface area contributed by atoms with E-state index in [-0.39, 0.29) is 0 Å². The molecule has 3 rings (SSSR count). The number of rotatable bonds is 3. The van der Waals surface area contributed by atoms with Gasteiger partial charge in [-0.1, -0.05) is 0 Å². The Bertz CT molecular complexity index is 575. The third-order valence-electron chi connectivity index (χ3n) is 4.23. The zero-order chi connectivity index (χ0) is 14.2. The second-order valence-corrected chi connectivity index (χ2v) is 7.70. The molecule has 112 valence electrons. The van der Waals surface area contributed by atoms with Crippen LogP contribution in [0.25, 0.3) is 0 Å². The zero-order valence-electron chi connectivity index (χ0n) is 12.0. The molecule has 1 saturated heterocycles. The Morgan fingerprint density at radius 3 is 2.60 bits per heavy atom. The number of aromatic nitrogens is 2. The Morgan fingerprint density at radius 1 is 1.15 bits per heavy atom. The Hall–Kier alpha value is -0.920. The maximum Gasteiger partial charge on any atom is 0.211 e. The molecule has 0 aromatic carbocycles. The second-order valence-electron chi connectivity index (χ2n) is 5.71. The fraction of sp³-hybridized carbons (Fsp3) is 0.769. The van der Waals surface area contributed by atoms with Crippen molar-refractivity contribution >= 4 is 10.0 Å². The van der Waals surface area contributed by atoms with E-state index in [2.05, 4.69) is 14.5 Å². The average molecular weight is 298 g/mol. The van der Waals surface area contributed by atoms with Gasteiger partial charge in [0.15, 0.2) is 0 Å². The second kappa shape index (κ2) is 5.46. The number of sulfonamides is 1. The molecule has 1 fully saturated rings. The van der Waals surface area contributed by atoms with Crippen molar-refractivity contribution in [3.05, 3.63) is 17.7 Å². The predicted octanol–water partition coefficient (Wildman–Crippen LogP) is 0.297. The van der Waals surface area contributed by atoms with Gasteiger partial charge in [0.05, 0.1) is 11.9 Å². The summed E-state index contributed by atoms with van der Waals surface area (Å²) < 4.78 is 27.1. The van der Waals surface area contributed by atoms with Crippen LogP contribution in [0.15, 0.2) is 6.20 Å². The molecule has 0 aliphatic carbocycles. The van der Waals surface area contributed by atoms with Crippen molar-refractivity contribution in [1.29, 1.82) is 0 Å². The van der Waals surface area contributed by atoms with E-state index in [1.54, 1.807) is 4.31 Å². The van der Waals surface area contributed by atoms with Gasteiger partial charge in [0, 0.05) is 38.8 Å². The van der Waals surface area contributed by atoms with Crippen LogP contribution in [0.5, 0.6) is 0 Å². The predicted molar refractivity (Wildman–Crippen MR) is 76.9 cm³/mol. The van der Waals surface area contributed by atoms with Crippen LogP contribution in [0.2, 0.25) is 0 Å². The van der Waals surface area contributed by atoms with Crippen LogP contribution < -0.4 is 0 Å². The van der Waals surface area contributed by atoms with Crippen LogP contribution in [0.4, 0.5) is 0 Å². The Morgan fingerprint density at radius 2 is 1.90 bits per heavy atom. The van der Waals surface area contributed by atoms with Gasteiger partial charge in [-0.2, -0.15) is 4.31 Å². The minimum atomic E-state index is -3.10. The fourth-order valence-electron chi connectivity index (χ4n) is 3.10. The third kappa shape index (κ3) is 2.89. The standard InChI is InChI=1S/C13H22N4O2S/c1-20(18,19)16-7-4-13-14-10-12(17(13)9-8-16)11-15-5-2-3-6-15/h10H,2-9,11H2,1H3. The lowest BCUT2D eigenvalue weighted by atomic mass is 10.4. The van der Waals surface area contributed by atoms with E-state index in [0.29, 0.717) is 26.1 Å². The van der Waals surface area contributed by atoms with Gasteiger partial charge < -0.3 is 4.57 Å². The molecule has 1 aromatic rings. The van der Waals surface area contributed by atoms with Gasteiger partial charge >= 0.3 is 0 Å². The molecule has 1 aromatic heterocycles. The topological polar surface area (TPSA) is 58.4 Å². The first kappa shape index (κ1) is 14.0. The van der Waals surface area contributed by atoms with Gasteiger partial charge in [-0.3, -0.25) is 4.90 Å². The number of fused-ring (bicyclic) bond motifs is 1. The summed E-state index contributed by atoms with van der Waals surface area (Å²) >= 11 is 0. The van der Waals surface area contributed by atoms with Crippen molar-refractivity contribution in [2.24, 2.45) is 0 Å². The van der Waals surface area contributed by atoms with Crippen molar-refractivity contribution in [2.75, 3.05) is 32.4 Å². The highest BCUT2D eigenvalue weighted by Gasteiger charge is 2.23. The van der Waals surface area contributed by atoms with E-state index >= 15 is 0 Å². The molecule has 0 amide bonds. The Kier molecular flexibility index (Phi) is 3.83. The molecular weight excluding hydrogens is 276 g/mol. The largest absolute Gasteiger partial charge is 0.329 e. The lowest BCUT2D eigenvalue weighted by molar-refractivity contribution is 0.319. The summed E-state index contributed by atoms with van der Waals surface area (Å²) in [6, 6.07) is 0. The first-order chi connectivity index (χ1) is 9.54. The molecule has 3 heterocycles. The molecule has 0 radical (unpaired) electrons. The van der Waals surface area contributed by atoms with Crippen molar-refractivity contribution in [3.63, 3.8) is 0 Å². The molecule has 0 bridgehead atoms. The number of likely N-dealkylation sites (tertiary alicyclic amines) is 1. The summed E-state index contributed by atoms with van der Waals surface area (Å²) in [6.45, 7) is 5.07. The third-order valence-corrected chi connectivity index (χ3v) is 5.54. The summed E-state index contributed by atoms with van der Waals surface area (Å²) in [5.41, 5.74) is 1.22. The maximum atomic E-state index is 11.7. The highest BCUT2D eigenvalue weighted by atomic mass is 32.2. The highest BCUT2D eigenvalue weighted by molar-refractivity contribution is 7.88. The molecule has 0 atom stereocenters. The van der Waals surface area contributed by atoms with E-state index in [4.69, 9.17) is 0 Å². The quantitative estimate of drug-likeness (QED) is 0.805. The highest BCUT2D eigenvalue weighted by Crippen LogP contribution is 2.17. The van der Waals surface area contributed by atoms with Gasteiger partial charge in [0.2, 0.25) is 10.0 Å². The van der Waals surface area contributed by atoms with E-state index < -0.39 is 10.0 Å². The van der Waals surface area contributed by atoms with Crippen LogP contribution in [-0.2, 0) is 29.5 Å². The number of hydrogen-bond donors (Lipinski definition) is 0. The fourth-order valence-corrected chi connectivity index (χ4v) is 3.94. The minimum Gasteiger partial charge on any atom is -0.329 e. The summed E-state index contributed by atoms with van der Waals surface area (Å²) in [6.07, 6.45) is 6.51. The van der Waals surface area contributed by atoms with E-state index in [1.807, 2.05) is 6.20 Å². The van der Waals surface area contributed by atoms with Gasteiger partial charge in [0.25, 0.3) is 0 Å². The molecule has 6 nitrogen and oxygen atoms in total. The van der Waals surface area contributed by atoms with E-state index in [0.717, 1.165) is 25.5 Å². The van der Waals surface area contributed by atoms with Crippen LogP contribution in [0.3, 0.4) is 0 Å². The van der Waals surface area contributed by atoms with Crippen LogP contribution >= 0.6 is 0 Å². The Balaban J connectivity index is 1.74. The molecule has 0 unspecified atom stereocenters. The summed E-state index contributed by atoms with van der Waals surface area (Å²) in [7, 11) is -3.10. The molecule has 2 aliphatic heterocycles. The van der Waals surface area contributed by atoms with Gasteiger partial charge in [-0.05, 0) is 25.9 Å². The molecule has 0 spiro atoms. The van der Waals surface area contributed by atoms with Crippen LogP contribution in [0, 0.1) is 0 Å². The van der Waals surface area contributed by atoms with Crippen molar-refractivity contribution in [1.82, 2.24) is 18.8 Å².